The van der Waals surface area contributed by atoms with Crippen LogP contribution < -0.4 is 19.7 Å². The number of methoxy groups -OCH3 is 1. The van der Waals surface area contributed by atoms with Gasteiger partial charge >= 0.3 is 6.03 Å². The lowest BCUT2D eigenvalue weighted by atomic mass is 10.0. The normalized spacial score (nSPS) is 15.1. The number of hydrogen-bond donors (Lipinski definition) is 1. The highest BCUT2D eigenvalue weighted by molar-refractivity contribution is 6.39. The van der Waals surface area contributed by atoms with Gasteiger partial charge in [0.05, 0.1) is 19.4 Å². The van der Waals surface area contributed by atoms with Crippen molar-refractivity contribution in [2.45, 2.75) is 13.3 Å². The molecule has 1 heterocycles. The number of carbonyl (C=O) groups excluding carboxylic acids is 3. The maximum Gasteiger partial charge on any atom is 0.335 e. The number of urea groups is 1. The van der Waals surface area contributed by atoms with E-state index in [4.69, 9.17) is 9.47 Å². The van der Waals surface area contributed by atoms with Crippen molar-refractivity contribution in [3.05, 3.63) is 71.6 Å². The van der Waals surface area contributed by atoms with E-state index in [1.165, 1.54) is 25.3 Å². The lowest BCUT2D eigenvalue weighted by Gasteiger charge is -2.26. The van der Waals surface area contributed by atoms with E-state index >= 15 is 0 Å². The molecular weight excluding hydrogens is 403 g/mol. The number of imide groups is 2. The maximum atomic E-state index is 13.2. The zero-order chi connectivity index (χ0) is 22.5. The van der Waals surface area contributed by atoms with Gasteiger partial charge in [0, 0.05) is 5.56 Å². The minimum absolute atomic E-state index is 0.138. The number of nitrogens with zero attached hydrogens (tertiary/aromatic N) is 1. The summed E-state index contributed by atoms with van der Waals surface area (Å²) >= 11 is 0. The average Bonchev–Trinajstić information content (AvgIpc) is 2.74. The van der Waals surface area contributed by atoms with E-state index in [0.717, 1.165) is 22.6 Å². The van der Waals surface area contributed by atoms with Crippen LogP contribution in [0, 0.1) is 5.82 Å². The van der Waals surface area contributed by atoms with Crippen LogP contribution in [0.4, 0.5) is 14.9 Å². The minimum Gasteiger partial charge on any atom is -0.493 e. The first-order valence-corrected chi connectivity index (χ1v) is 9.51. The van der Waals surface area contributed by atoms with Crippen LogP contribution in [-0.4, -0.2) is 31.6 Å². The van der Waals surface area contributed by atoms with Crippen LogP contribution >= 0.6 is 0 Å². The van der Waals surface area contributed by atoms with Crippen molar-refractivity contribution in [3.8, 4) is 11.5 Å². The van der Waals surface area contributed by atoms with E-state index in [2.05, 4.69) is 11.9 Å². The molecule has 160 valence electrons. The van der Waals surface area contributed by atoms with Gasteiger partial charge in [-0.15, -0.1) is 6.58 Å². The lowest BCUT2D eigenvalue weighted by molar-refractivity contribution is -0.122. The molecule has 2 aromatic rings. The summed E-state index contributed by atoms with van der Waals surface area (Å²) in [5.41, 5.74) is 1.15. The van der Waals surface area contributed by atoms with E-state index in [9.17, 15) is 18.8 Å². The molecule has 1 N–H and O–H groups in total. The number of barbiturate groups is 1. The first-order valence-electron chi connectivity index (χ1n) is 9.51. The highest BCUT2D eigenvalue weighted by Gasteiger charge is 2.36. The van der Waals surface area contributed by atoms with Crippen molar-refractivity contribution in [1.82, 2.24) is 5.32 Å². The van der Waals surface area contributed by atoms with Crippen LogP contribution in [-0.2, 0) is 16.0 Å². The first-order chi connectivity index (χ1) is 14.9. The molecule has 0 aliphatic carbocycles. The van der Waals surface area contributed by atoms with Gasteiger partial charge < -0.3 is 9.47 Å². The number of anilines is 1. The summed E-state index contributed by atoms with van der Waals surface area (Å²) in [7, 11) is 1.49. The number of amides is 4. The van der Waals surface area contributed by atoms with Gasteiger partial charge in [-0.25, -0.2) is 14.1 Å². The Kier molecular flexibility index (Phi) is 6.49. The second-order valence-corrected chi connectivity index (χ2v) is 6.57. The molecule has 7 nitrogen and oxygen atoms in total. The number of halogens is 1. The highest BCUT2D eigenvalue weighted by Crippen LogP contribution is 2.34. The average molecular weight is 424 g/mol. The van der Waals surface area contributed by atoms with Gasteiger partial charge in [-0.3, -0.25) is 14.9 Å². The molecule has 0 radical (unpaired) electrons. The third-order valence-electron chi connectivity index (χ3n) is 4.52. The topological polar surface area (TPSA) is 84.9 Å². The van der Waals surface area contributed by atoms with Crippen molar-refractivity contribution in [2.75, 3.05) is 18.6 Å². The fourth-order valence-corrected chi connectivity index (χ4v) is 3.18. The van der Waals surface area contributed by atoms with E-state index in [1.54, 1.807) is 18.2 Å². The quantitative estimate of drug-likeness (QED) is 0.417. The van der Waals surface area contributed by atoms with Crippen LogP contribution in [0.15, 0.2) is 54.6 Å². The molecule has 0 aromatic heterocycles. The Morgan fingerprint density at radius 3 is 2.48 bits per heavy atom. The van der Waals surface area contributed by atoms with Crippen LogP contribution in [0.5, 0.6) is 11.5 Å². The molecular formula is C23H21FN2O5. The Morgan fingerprint density at radius 2 is 1.87 bits per heavy atom. The van der Waals surface area contributed by atoms with Gasteiger partial charge in [-0.1, -0.05) is 6.08 Å². The van der Waals surface area contributed by atoms with Crippen molar-refractivity contribution < 1.29 is 28.2 Å². The van der Waals surface area contributed by atoms with E-state index < -0.39 is 23.7 Å². The zero-order valence-corrected chi connectivity index (χ0v) is 17.1. The summed E-state index contributed by atoms with van der Waals surface area (Å²) in [6, 6.07) is 7.27. The number of ether oxygens (including phenoxy) is 2. The van der Waals surface area contributed by atoms with Gasteiger partial charge in [0.2, 0.25) is 0 Å². The number of carbonyl (C=O) groups is 3. The molecule has 3 rings (SSSR count). The van der Waals surface area contributed by atoms with Crippen LogP contribution in [0.2, 0.25) is 0 Å². The highest BCUT2D eigenvalue weighted by atomic mass is 19.1. The summed E-state index contributed by atoms with van der Waals surface area (Å²) in [4.78, 5) is 38.4. The summed E-state index contributed by atoms with van der Waals surface area (Å²) in [5, 5.41) is 2.14. The summed E-state index contributed by atoms with van der Waals surface area (Å²) in [6.45, 7) is 6.01. The largest absolute Gasteiger partial charge is 0.493 e. The second-order valence-electron chi connectivity index (χ2n) is 6.57. The molecule has 4 amide bonds. The molecule has 0 spiro atoms. The molecule has 0 unspecified atom stereocenters. The Labute approximate surface area is 178 Å². The van der Waals surface area contributed by atoms with Crippen molar-refractivity contribution in [3.63, 3.8) is 0 Å². The Morgan fingerprint density at radius 1 is 1.16 bits per heavy atom. The number of benzene rings is 2. The molecule has 0 bridgehead atoms. The smallest absolute Gasteiger partial charge is 0.335 e. The molecule has 1 aliphatic rings. The molecule has 0 atom stereocenters. The standard InChI is InChI=1S/C23H21FN2O5/c1-4-6-15-11-14(13-19(30-3)20(15)31-5-2)12-18-21(27)25-23(29)26(22(18)28)17-9-7-16(24)8-10-17/h4,7-13H,1,5-6H2,2-3H3,(H,25,27,29)/b18-12+. The molecule has 31 heavy (non-hydrogen) atoms. The number of nitrogens with one attached hydrogen (secondary N) is 1. The number of allylic oxidation sites excluding steroid dienone is 1. The van der Waals surface area contributed by atoms with Gasteiger partial charge in [0.1, 0.15) is 11.4 Å². The Bertz CT molecular complexity index is 1080. The summed E-state index contributed by atoms with van der Waals surface area (Å²) in [5.74, 6) is -1.18. The molecule has 2 aromatic carbocycles. The fourth-order valence-electron chi connectivity index (χ4n) is 3.18. The molecule has 8 heteroatoms. The SMILES string of the molecule is C=CCc1cc(/C=C2\C(=O)NC(=O)N(c3ccc(F)cc3)C2=O)cc(OC)c1OCC. The molecule has 1 aliphatic heterocycles. The first kappa shape index (κ1) is 21.8. The lowest BCUT2D eigenvalue weighted by Crippen LogP contribution is -2.54. The maximum absolute atomic E-state index is 13.2. The Balaban J connectivity index is 2.06. The van der Waals surface area contributed by atoms with Crippen molar-refractivity contribution in [1.29, 1.82) is 0 Å². The van der Waals surface area contributed by atoms with E-state index in [1.807, 2.05) is 6.92 Å². The van der Waals surface area contributed by atoms with Gasteiger partial charge in [0.25, 0.3) is 11.8 Å². The summed E-state index contributed by atoms with van der Waals surface area (Å²) < 4.78 is 24.3. The molecule has 1 saturated heterocycles. The minimum atomic E-state index is -0.907. The predicted molar refractivity (Wildman–Crippen MR) is 113 cm³/mol. The monoisotopic (exact) mass is 424 g/mol. The number of rotatable bonds is 7. The van der Waals surface area contributed by atoms with Crippen LogP contribution in [0.1, 0.15) is 18.1 Å². The van der Waals surface area contributed by atoms with E-state index in [-0.39, 0.29) is 11.3 Å². The van der Waals surface area contributed by atoms with Gasteiger partial charge in [-0.05, 0) is 61.4 Å². The van der Waals surface area contributed by atoms with Crippen molar-refractivity contribution in [2.24, 2.45) is 0 Å². The van der Waals surface area contributed by atoms with Crippen LogP contribution in [0.3, 0.4) is 0 Å². The number of hydrogen-bond acceptors (Lipinski definition) is 5. The van der Waals surface area contributed by atoms with Gasteiger partial charge in [0.15, 0.2) is 11.5 Å². The summed E-state index contributed by atoms with van der Waals surface area (Å²) in [6.07, 6.45) is 3.54. The van der Waals surface area contributed by atoms with Gasteiger partial charge in [-0.2, -0.15) is 0 Å². The van der Waals surface area contributed by atoms with Crippen molar-refractivity contribution >= 4 is 29.6 Å². The molecule has 1 fully saturated rings. The third kappa shape index (κ3) is 4.48. The molecule has 0 saturated carbocycles. The third-order valence-corrected chi connectivity index (χ3v) is 4.52. The fraction of sp³-hybridized carbons (Fsp3) is 0.174. The predicted octanol–water partition coefficient (Wildman–Crippen LogP) is 3.63. The Hall–Kier alpha value is -3.94. The van der Waals surface area contributed by atoms with Crippen LogP contribution in [0.25, 0.3) is 6.08 Å². The zero-order valence-electron chi connectivity index (χ0n) is 17.1. The second kappa shape index (κ2) is 9.25. The van der Waals surface area contributed by atoms with E-state index in [0.29, 0.717) is 30.1 Å².